The zero-order chi connectivity index (χ0) is 15.9. The van der Waals surface area contributed by atoms with Gasteiger partial charge < -0.3 is 0 Å². The highest BCUT2D eigenvalue weighted by atomic mass is 79.9. The summed E-state index contributed by atoms with van der Waals surface area (Å²) in [5.41, 5.74) is 3.85. The number of hydrogen-bond donors (Lipinski definition) is 0. The van der Waals surface area contributed by atoms with Gasteiger partial charge in [-0.15, -0.1) is 0 Å². The molecule has 0 aliphatic rings. The Kier molecular flexibility index (Phi) is 4.95. The molecule has 23 heavy (non-hydrogen) atoms. The van der Waals surface area contributed by atoms with E-state index in [9.17, 15) is 0 Å². The highest BCUT2D eigenvalue weighted by molar-refractivity contribution is 9.10. The topological polar surface area (TPSA) is 0 Å². The van der Waals surface area contributed by atoms with Crippen LogP contribution in [0.1, 0.15) is 22.3 Å². The lowest BCUT2D eigenvalue weighted by atomic mass is 10.1. The zero-order valence-electron chi connectivity index (χ0n) is 12.4. The number of halogens is 1. The standard InChI is InChI=1S/C22H13Br/c23-22-13-7-6-12-21(22)17-16-20-11-5-4-10-19(20)15-14-18-8-2-1-3-9-18/h1-13H. The Morgan fingerprint density at radius 2 is 0.957 bits per heavy atom. The summed E-state index contributed by atoms with van der Waals surface area (Å²) in [5, 5.41) is 0. The first-order valence-corrected chi connectivity index (χ1v) is 8.05. The minimum Gasteiger partial charge on any atom is -0.0622 e. The van der Waals surface area contributed by atoms with Crippen molar-refractivity contribution in [2.45, 2.75) is 0 Å². The van der Waals surface area contributed by atoms with Gasteiger partial charge in [0.15, 0.2) is 0 Å². The molecule has 0 bridgehead atoms. The van der Waals surface area contributed by atoms with E-state index in [1.54, 1.807) is 0 Å². The van der Waals surface area contributed by atoms with Crippen molar-refractivity contribution in [3.05, 3.63) is 106 Å². The second-order valence-electron chi connectivity index (χ2n) is 4.89. The van der Waals surface area contributed by atoms with Crippen molar-refractivity contribution in [1.29, 1.82) is 0 Å². The van der Waals surface area contributed by atoms with Gasteiger partial charge >= 0.3 is 0 Å². The maximum atomic E-state index is 3.52. The Hall–Kier alpha value is -2.74. The molecule has 3 aromatic rings. The van der Waals surface area contributed by atoms with Crippen molar-refractivity contribution < 1.29 is 0 Å². The monoisotopic (exact) mass is 356 g/mol. The maximum Gasteiger partial charge on any atom is 0.0405 e. The Labute approximate surface area is 145 Å². The summed E-state index contributed by atoms with van der Waals surface area (Å²) in [4.78, 5) is 0. The molecule has 1 heteroatoms. The van der Waals surface area contributed by atoms with E-state index in [4.69, 9.17) is 0 Å². The molecule has 0 aromatic heterocycles. The number of rotatable bonds is 0. The van der Waals surface area contributed by atoms with Crippen molar-refractivity contribution in [2.75, 3.05) is 0 Å². The van der Waals surface area contributed by atoms with Crippen LogP contribution >= 0.6 is 15.9 Å². The van der Waals surface area contributed by atoms with Gasteiger partial charge in [-0.1, -0.05) is 66.1 Å². The predicted octanol–water partition coefficient (Wildman–Crippen LogP) is 5.25. The lowest BCUT2D eigenvalue weighted by Gasteiger charge is -1.96. The molecular weight excluding hydrogens is 344 g/mol. The van der Waals surface area contributed by atoms with Crippen molar-refractivity contribution in [1.82, 2.24) is 0 Å². The number of benzene rings is 3. The van der Waals surface area contributed by atoms with Crippen LogP contribution in [0.3, 0.4) is 0 Å². The third kappa shape index (κ3) is 4.13. The summed E-state index contributed by atoms with van der Waals surface area (Å²) in [6, 6.07) is 25.9. The maximum absolute atomic E-state index is 3.52. The molecule has 0 fully saturated rings. The van der Waals surface area contributed by atoms with Gasteiger partial charge in [-0.05, 0) is 52.3 Å². The largest absolute Gasteiger partial charge is 0.0622 e. The third-order valence-corrected chi connectivity index (χ3v) is 3.94. The van der Waals surface area contributed by atoms with Gasteiger partial charge in [-0.2, -0.15) is 0 Å². The van der Waals surface area contributed by atoms with Crippen molar-refractivity contribution in [2.24, 2.45) is 0 Å². The molecule has 0 aliphatic heterocycles. The second-order valence-corrected chi connectivity index (χ2v) is 5.75. The first-order chi connectivity index (χ1) is 11.3. The van der Waals surface area contributed by atoms with Crippen LogP contribution in [0.5, 0.6) is 0 Å². The average Bonchev–Trinajstić information content (AvgIpc) is 2.61. The summed E-state index contributed by atoms with van der Waals surface area (Å²) < 4.78 is 1.00. The lowest BCUT2D eigenvalue weighted by molar-refractivity contribution is 1.56. The van der Waals surface area contributed by atoms with Crippen LogP contribution in [-0.4, -0.2) is 0 Å². The van der Waals surface area contributed by atoms with Crippen molar-refractivity contribution in [3.8, 4) is 23.7 Å². The molecule has 0 amide bonds. The van der Waals surface area contributed by atoms with Gasteiger partial charge in [0, 0.05) is 26.7 Å². The summed E-state index contributed by atoms with van der Waals surface area (Å²) in [6.45, 7) is 0. The fraction of sp³-hybridized carbons (Fsp3) is 0. The van der Waals surface area contributed by atoms with E-state index in [2.05, 4.69) is 39.6 Å². The molecule has 3 rings (SSSR count). The number of hydrogen-bond acceptors (Lipinski definition) is 0. The molecule has 0 spiro atoms. The van der Waals surface area contributed by atoms with E-state index in [1.165, 1.54) is 0 Å². The minimum atomic E-state index is 0.937. The molecule has 0 nitrogen and oxygen atoms in total. The highest BCUT2D eigenvalue weighted by Crippen LogP contribution is 2.15. The van der Waals surface area contributed by atoms with E-state index in [-0.39, 0.29) is 0 Å². The first kappa shape index (κ1) is 15.2. The smallest absolute Gasteiger partial charge is 0.0405 e. The average molecular weight is 357 g/mol. The molecule has 0 N–H and O–H groups in total. The molecule has 0 unspecified atom stereocenters. The fourth-order valence-corrected chi connectivity index (χ4v) is 2.44. The molecule has 0 saturated carbocycles. The van der Waals surface area contributed by atoms with Crippen LogP contribution in [0.2, 0.25) is 0 Å². The SMILES string of the molecule is Brc1ccccc1C#Cc1ccccc1C#Cc1ccccc1. The molecule has 0 radical (unpaired) electrons. The van der Waals surface area contributed by atoms with Crippen molar-refractivity contribution >= 4 is 15.9 Å². The van der Waals surface area contributed by atoms with Crippen LogP contribution in [-0.2, 0) is 0 Å². The second kappa shape index (κ2) is 7.50. The minimum absolute atomic E-state index is 0.937. The molecular formula is C22H13Br. The Balaban J connectivity index is 1.94. The summed E-state index contributed by atoms with van der Waals surface area (Å²) in [7, 11) is 0. The van der Waals surface area contributed by atoms with Crippen LogP contribution in [0.25, 0.3) is 0 Å². The van der Waals surface area contributed by atoms with Gasteiger partial charge in [0.1, 0.15) is 0 Å². The Bertz CT molecular complexity index is 932. The molecule has 0 saturated heterocycles. The molecule has 0 atom stereocenters. The van der Waals surface area contributed by atoms with E-state index in [1.807, 2.05) is 78.9 Å². The first-order valence-electron chi connectivity index (χ1n) is 7.25. The third-order valence-electron chi connectivity index (χ3n) is 3.25. The summed E-state index contributed by atoms with van der Waals surface area (Å²) >= 11 is 3.52. The Morgan fingerprint density at radius 1 is 0.478 bits per heavy atom. The Morgan fingerprint density at radius 3 is 1.61 bits per heavy atom. The van der Waals surface area contributed by atoms with Gasteiger partial charge in [-0.3, -0.25) is 0 Å². The van der Waals surface area contributed by atoms with E-state index < -0.39 is 0 Å². The summed E-state index contributed by atoms with van der Waals surface area (Å²) in [5.74, 6) is 12.8. The van der Waals surface area contributed by atoms with E-state index >= 15 is 0 Å². The highest BCUT2D eigenvalue weighted by Gasteiger charge is 1.96. The van der Waals surface area contributed by atoms with Crippen LogP contribution in [0, 0.1) is 23.7 Å². The quantitative estimate of drug-likeness (QED) is 0.482. The van der Waals surface area contributed by atoms with Crippen LogP contribution in [0.4, 0.5) is 0 Å². The zero-order valence-corrected chi connectivity index (χ0v) is 14.0. The van der Waals surface area contributed by atoms with Crippen LogP contribution < -0.4 is 0 Å². The van der Waals surface area contributed by atoms with Gasteiger partial charge in [-0.25, -0.2) is 0 Å². The summed E-state index contributed by atoms with van der Waals surface area (Å²) in [6.07, 6.45) is 0. The molecule has 108 valence electrons. The van der Waals surface area contributed by atoms with Crippen molar-refractivity contribution in [3.63, 3.8) is 0 Å². The van der Waals surface area contributed by atoms with Gasteiger partial charge in [0.25, 0.3) is 0 Å². The molecule has 0 heterocycles. The molecule has 0 aliphatic carbocycles. The normalized spacial score (nSPS) is 9.26. The fourth-order valence-electron chi connectivity index (χ4n) is 2.06. The van der Waals surface area contributed by atoms with E-state index in [0.717, 1.165) is 26.7 Å². The van der Waals surface area contributed by atoms with Gasteiger partial charge in [0.2, 0.25) is 0 Å². The van der Waals surface area contributed by atoms with Crippen LogP contribution in [0.15, 0.2) is 83.3 Å². The predicted molar refractivity (Wildman–Crippen MR) is 99.0 cm³/mol. The van der Waals surface area contributed by atoms with E-state index in [0.29, 0.717) is 0 Å². The molecule has 3 aromatic carbocycles. The lowest BCUT2D eigenvalue weighted by Crippen LogP contribution is -1.84. The van der Waals surface area contributed by atoms with Gasteiger partial charge in [0.05, 0.1) is 0 Å².